The Morgan fingerprint density at radius 2 is 1.38 bits per heavy atom. The smallest absolute Gasteiger partial charge is 0.147 e. The van der Waals surface area contributed by atoms with Crippen LogP contribution in [0.5, 0.6) is 5.75 Å². The molecule has 1 N–H and O–H groups in total. The summed E-state index contributed by atoms with van der Waals surface area (Å²) in [5.74, 6) is 0.661. The van der Waals surface area contributed by atoms with E-state index in [9.17, 15) is 5.11 Å². The van der Waals surface area contributed by atoms with E-state index >= 15 is 0 Å². The lowest BCUT2D eigenvalue weighted by atomic mass is 10.1. The number of hydrogen-bond donors (Lipinski definition) is 1. The second kappa shape index (κ2) is 9.10. The zero-order valence-electron chi connectivity index (χ0n) is 10.9. The number of aliphatic hydroxyl groups excluding tert-OH is 1. The highest BCUT2D eigenvalue weighted by Gasteiger charge is 2.12. The second-order valence-electron chi connectivity index (χ2n) is 3.88. The lowest BCUT2D eigenvalue weighted by Crippen LogP contribution is -2.11. The maximum absolute atomic E-state index is 9.38. The molecule has 1 unspecified atom stereocenters. The first-order valence-corrected chi connectivity index (χ1v) is 6.63. The Kier molecular flexibility index (Phi) is 7.43. The van der Waals surface area contributed by atoms with Crippen molar-refractivity contribution in [2.75, 3.05) is 6.61 Å². The molecule has 0 saturated carbocycles. The van der Waals surface area contributed by atoms with Crippen molar-refractivity contribution in [2.45, 2.75) is 6.10 Å². The van der Waals surface area contributed by atoms with Gasteiger partial charge in [-0.2, -0.15) is 0 Å². The van der Waals surface area contributed by atoms with E-state index in [4.69, 9.17) is 39.0 Å². The topological polar surface area (TPSA) is 88.2 Å². The van der Waals surface area contributed by atoms with Crippen molar-refractivity contribution < 1.29 is 9.84 Å². The molecule has 0 spiro atoms. The fraction of sp³-hybridized carbons (Fsp3) is 0.143. The van der Waals surface area contributed by atoms with Crippen LogP contribution < -0.4 is 4.74 Å². The summed E-state index contributed by atoms with van der Waals surface area (Å²) >= 11 is 11.6. The van der Waals surface area contributed by atoms with Gasteiger partial charge in [0.15, 0.2) is 0 Å². The molecule has 110 valence electrons. The molecule has 0 heterocycles. The van der Waals surface area contributed by atoms with Crippen molar-refractivity contribution >= 4 is 23.2 Å². The van der Waals surface area contributed by atoms with Crippen LogP contribution >= 0.6 is 23.2 Å². The van der Waals surface area contributed by atoms with Crippen molar-refractivity contribution in [3.05, 3.63) is 80.1 Å². The van der Waals surface area contributed by atoms with E-state index in [1.165, 1.54) is 4.91 Å². The van der Waals surface area contributed by atoms with Gasteiger partial charge in [0.1, 0.15) is 11.9 Å². The van der Waals surface area contributed by atoms with E-state index in [1.807, 2.05) is 12.1 Å². The fourth-order valence-electron chi connectivity index (χ4n) is 1.57. The third-order valence-corrected chi connectivity index (χ3v) is 3.00. The highest BCUT2D eigenvalue weighted by Crippen LogP contribution is 2.24. The lowest BCUT2D eigenvalue weighted by Gasteiger charge is -2.17. The van der Waals surface area contributed by atoms with Crippen LogP contribution in [0.15, 0.2) is 48.5 Å². The minimum Gasteiger partial charge on any atom is -0.483 e. The average molecular weight is 325 g/mol. The molecule has 0 saturated heterocycles. The molecule has 0 aliphatic carbocycles. The van der Waals surface area contributed by atoms with Crippen LogP contribution in [0, 0.1) is 0 Å². The summed E-state index contributed by atoms with van der Waals surface area (Å²) in [4.78, 5) is 1.50. The number of hydrogen-bond acceptors (Lipinski definition) is 2. The summed E-state index contributed by atoms with van der Waals surface area (Å²) in [5, 5.41) is 10.7. The molecule has 0 aliphatic heterocycles. The van der Waals surface area contributed by atoms with Crippen molar-refractivity contribution in [3.8, 4) is 5.75 Å². The van der Waals surface area contributed by atoms with E-state index < -0.39 is 6.10 Å². The third kappa shape index (κ3) is 5.94. The Balaban J connectivity index is 0.000000677. The lowest BCUT2D eigenvalue weighted by molar-refractivity contribution is 0.116. The van der Waals surface area contributed by atoms with E-state index in [0.29, 0.717) is 15.8 Å². The molecule has 0 amide bonds. The monoisotopic (exact) mass is 324 g/mol. The highest BCUT2D eigenvalue weighted by molar-refractivity contribution is 6.30. The summed E-state index contributed by atoms with van der Waals surface area (Å²) in [6.07, 6.45) is -0.413. The molecular weight excluding hydrogens is 313 g/mol. The number of nitrogens with zero attached hydrogens (tertiary/aromatic N) is 3. The molecule has 1 atom stereocenters. The maximum Gasteiger partial charge on any atom is 0.147 e. The highest BCUT2D eigenvalue weighted by atomic mass is 35.5. The molecule has 0 fully saturated rings. The molecule has 5 nitrogen and oxygen atoms in total. The Labute approximate surface area is 132 Å². The summed E-state index contributed by atoms with van der Waals surface area (Å²) in [6, 6.07) is 14.2. The number of aliphatic hydroxyl groups is 1. The maximum atomic E-state index is 9.38. The molecule has 2 aromatic rings. The van der Waals surface area contributed by atoms with Crippen molar-refractivity contribution in [1.82, 2.24) is 0 Å². The number of halogens is 2. The Morgan fingerprint density at radius 1 is 0.952 bits per heavy atom. The van der Waals surface area contributed by atoms with Gasteiger partial charge in [-0.15, -0.1) is 0 Å². The zero-order valence-corrected chi connectivity index (χ0v) is 12.4. The van der Waals surface area contributed by atoms with Crippen molar-refractivity contribution in [1.29, 1.82) is 0 Å². The fourth-order valence-corrected chi connectivity index (χ4v) is 1.82. The van der Waals surface area contributed by atoms with Gasteiger partial charge in [0, 0.05) is 10.0 Å². The molecule has 7 heteroatoms. The standard InChI is InChI=1S/C14H12Cl2O2.N3/c15-11-3-1-10(2-4-11)14(9-17)18-13-7-5-12(16)6-8-13;1-3-2/h1-8,14,17H,9H2;/q;-1. The van der Waals surface area contributed by atoms with Crippen LogP contribution in [-0.4, -0.2) is 11.7 Å². The first kappa shape index (κ1) is 17.1. The van der Waals surface area contributed by atoms with E-state index in [-0.39, 0.29) is 6.61 Å². The van der Waals surface area contributed by atoms with Crippen LogP contribution in [0.4, 0.5) is 0 Å². The van der Waals surface area contributed by atoms with Crippen LogP contribution in [0.1, 0.15) is 11.7 Å². The van der Waals surface area contributed by atoms with Gasteiger partial charge in [-0.05, 0) is 42.0 Å². The SMILES string of the molecule is OCC(Oc1ccc(Cl)cc1)c1ccc(Cl)cc1.[N-]=[N+]=[N-]. The predicted molar refractivity (Wildman–Crippen MR) is 83.4 cm³/mol. The molecule has 21 heavy (non-hydrogen) atoms. The van der Waals surface area contributed by atoms with Crippen molar-refractivity contribution in [2.24, 2.45) is 0 Å². The number of ether oxygens (including phenoxy) is 1. The van der Waals surface area contributed by atoms with Gasteiger partial charge in [-0.1, -0.05) is 35.3 Å². The average Bonchev–Trinajstić information content (AvgIpc) is 2.49. The molecule has 2 rings (SSSR count). The van der Waals surface area contributed by atoms with Gasteiger partial charge >= 0.3 is 0 Å². The van der Waals surface area contributed by atoms with Crippen molar-refractivity contribution in [3.63, 3.8) is 0 Å². The Bertz CT molecular complexity index is 582. The normalized spacial score (nSPS) is 10.8. The molecule has 0 aromatic heterocycles. The molecule has 0 bridgehead atoms. The van der Waals surface area contributed by atoms with Gasteiger partial charge in [-0.3, -0.25) is 4.91 Å². The molecular formula is C14H12Cl2N3O2-. The van der Waals surface area contributed by atoms with Gasteiger partial charge in [-0.25, -0.2) is 0 Å². The number of benzene rings is 2. The van der Waals surface area contributed by atoms with Gasteiger partial charge in [0.05, 0.1) is 6.61 Å². The van der Waals surface area contributed by atoms with E-state index in [2.05, 4.69) is 0 Å². The zero-order chi connectivity index (χ0) is 15.7. The Hall–Kier alpha value is -1.91. The van der Waals surface area contributed by atoms with Gasteiger partial charge in [0.25, 0.3) is 0 Å². The predicted octanol–water partition coefficient (Wildman–Crippen LogP) is 4.97. The van der Waals surface area contributed by atoms with Gasteiger partial charge in [0.2, 0.25) is 0 Å². The number of rotatable bonds is 4. The second-order valence-corrected chi connectivity index (χ2v) is 4.76. The van der Waals surface area contributed by atoms with Crippen LogP contribution in [-0.2, 0) is 0 Å². The summed E-state index contributed by atoms with van der Waals surface area (Å²) in [7, 11) is 0. The third-order valence-electron chi connectivity index (χ3n) is 2.50. The first-order chi connectivity index (χ1) is 10.1. The quantitative estimate of drug-likeness (QED) is 0.488. The minimum atomic E-state index is -0.413. The molecule has 2 aromatic carbocycles. The van der Waals surface area contributed by atoms with Crippen LogP contribution in [0.2, 0.25) is 10.0 Å². The minimum absolute atomic E-state index is 0.107. The molecule has 0 radical (unpaired) electrons. The largest absolute Gasteiger partial charge is 0.483 e. The van der Waals surface area contributed by atoms with E-state index in [1.54, 1.807) is 36.4 Å². The first-order valence-electron chi connectivity index (χ1n) is 5.87. The summed E-state index contributed by atoms with van der Waals surface area (Å²) in [6.45, 7) is -0.107. The summed E-state index contributed by atoms with van der Waals surface area (Å²) < 4.78 is 5.69. The molecule has 0 aliphatic rings. The van der Waals surface area contributed by atoms with Crippen LogP contribution in [0.3, 0.4) is 0 Å². The van der Waals surface area contributed by atoms with Gasteiger partial charge < -0.3 is 20.9 Å². The van der Waals surface area contributed by atoms with Crippen LogP contribution in [0.25, 0.3) is 16.0 Å². The Morgan fingerprint density at radius 3 is 1.81 bits per heavy atom. The summed E-state index contributed by atoms with van der Waals surface area (Å²) in [5.41, 5.74) is 14.4. The van der Waals surface area contributed by atoms with E-state index in [0.717, 1.165) is 5.56 Å².